The molecule has 4 heteroatoms. The van der Waals surface area contributed by atoms with Gasteiger partial charge < -0.3 is 14.8 Å². The first-order valence-electron chi connectivity index (χ1n) is 7.28. The van der Waals surface area contributed by atoms with Crippen LogP contribution in [0.5, 0.6) is 0 Å². The lowest BCUT2D eigenvalue weighted by molar-refractivity contribution is -0.141. The number of hydrogen-bond acceptors (Lipinski definition) is 3. The van der Waals surface area contributed by atoms with Crippen LogP contribution < -0.4 is 5.32 Å². The quantitative estimate of drug-likeness (QED) is 0.707. The average Bonchev–Trinajstić information content (AvgIpc) is 2.47. The summed E-state index contributed by atoms with van der Waals surface area (Å²) in [5.74, 6) is -0.108. The van der Waals surface area contributed by atoms with Crippen molar-refractivity contribution in [2.24, 2.45) is 0 Å². The summed E-state index contributed by atoms with van der Waals surface area (Å²) in [6.07, 6.45) is 0.395. The van der Waals surface area contributed by atoms with E-state index in [1.807, 2.05) is 51.1 Å². The molecule has 1 amide bonds. The molecule has 112 valence electrons. The molecule has 0 radical (unpaired) electrons. The van der Waals surface area contributed by atoms with E-state index in [2.05, 4.69) is 5.32 Å². The van der Waals surface area contributed by atoms with Gasteiger partial charge in [0.15, 0.2) is 6.29 Å². The first-order chi connectivity index (χ1) is 9.72. The maximum absolute atomic E-state index is 12.3. The Hall–Kier alpha value is -1.39. The van der Waals surface area contributed by atoms with E-state index in [0.29, 0.717) is 19.8 Å². The Morgan fingerprint density at radius 1 is 1.10 bits per heavy atom. The van der Waals surface area contributed by atoms with E-state index < -0.39 is 0 Å². The zero-order valence-electron chi connectivity index (χ0n) is 12.6. The normalized spacial score (nSPS) is 12.4. The monoisotopic (exact) mass is 279 g/mol. The van der Waals surface area contributed by atoms with Gasteiger partial charge in [0, 0.05) is 13.2 Å². The Kier molecular flexibility index (Phi) is 7.92. The third-order valence-electron chi connectivity index (χ3n) is 3.07. The molecule has 1 N–H and O–H groups in total. The highest BCUT2D eigenvalue weighted by Gasteiger charge is 2.19. The number of carbonyl (C=O) groups is 1. The van der Waals surface area contributed by atoms with Gasteiger partial charge in [-0.25, -0.2) is 0 Å². The molecule has 1 atom stereocenters. The van der Waals surface area contributed by atoms with E-state index in [1.54, 1.807) is 0 Å². The molecule has 0 aromatic heterocycles. The second kappa shape index (κ2) is 9.50. The summed E-state index contributed by atoms with van der Waals surface area (Å²) in [7, 11) is 0. The first kappa shape index (κ1) is 16.7. The number of nitrogens with one attached hydrogen (secondary N) is 1. The lowest BCUT2D eigenvalue weighted by Crippen LogP contribution is -2.37. The molecule has 0 saturated carbocycles. The van der Waals surface area contributed by atoms with Crippen molar-refractivity contribution in [3.63, 3.8) is 0 Å². The Morgan fingerprint density at radius 2 is 1.70 bits per heavy atom. The van der Waals surface area contributed by atoms with Gasteiger partial charge in [-0.15, -0.1) is 0 Å². The number of amides is 1. The molecule has 1 aromatic carbocycles. The molecule has 4 nitrogen and oxygen atoms in total. The standard InChI is InChI=1S/C16H25NO3/c1-4-14(13-10-8-7-9-11-13)16(18)17-12-15(19-5-2)20-6-3/h7-11,14-15H,4-6,12H2,1-3H3,(H,17,18). The minimum Gasteiger partial charge on any atom is -0.351 e. The van der Waals surface area contributed by atoms with Crippen LogP contribution in [-0.2, 0) is 14.3 Å². The molecule has 1 rings (SSSR count). The molecule has 20 heavy (non-hydrogen) atoms. The lowest BCUT2D eigenvalue weighted by atomic mass is 9.96. The van der Waals surface area contributed by atoms with Crippen molar-refractivity contribution in [2.45, 2.75) is 39.4 Å². The molecule has 0 saturated heterocycles. The second-order valence-corrected chi connectivity index (χ2v) is 4.46. The summed E-state index contributed by atoms with van der Waals surface area (Å²) in [5, 5.41) is 2.91. The fraction of sp³-hybridized carbons (Fsp3) is 0.562. The van der Waals surface area contributed by atoms with Crippen LogP contribution in [0.1, 0.15) is 38.7 Å². The van der Waals surface area contributed by atoms with Gasteiger partial charge in [0.1, 0.15) is 0 Å². The van der Waals surface area contributed by atoms with Crippen LogP contribution >= 0.6 is 0 Å². The van der Waals surface area contributed by atoms with Gasteiger partial charge in [-0.05, 0) is 25.8 Å². The minimum atomic E-state index is -0.373. The maximum atomic E-state index is 12.3. The van der Waals surface area contributed by atoms with E-state index >= 15 is 0 Å². The predicted molar refractivity (Wildman–Crippen MR) is 79.5 cm³/mol. The summed E-state index contributed by atoms with van der Waals surface area (Å²) in [4.78, 5) is 12.3. The number of hydrogen-bond donors (Lipinski definition) is 1. The van der Waals surface area contributed by atoms with E-state index in [-0.39, 0.29) is 18.1 Å². The van der Waals surface area contributed by atoms with Gasteiger partial charge in [-0.3, -0.25) is 4.79 Å². The van der Waals surface area contributed by atoms with Crippen LogP contribution in [0.3, 0.4) is 0 Å². The van der Waals surface area contributed by atoms with E-state index in [9.17, 15) is 4.79 Å². The van der Waals surface area contributed by atoms with Crippen LogP contribution in [0.2, 0.25) is 0 Å². The second-order valence-electron chi connectivity index (χ2n) is 4.46. The molecule has 0 aliphatic carbocycles. The summed E-state index contributed by atoms with van der Waals surface area (Å²) >= 11 is 0. The molecular formula is C16H25NO3. The molecule has 0 aliphatic rings. The van der Waals surface area contributed by atoms with Gasteiger partial charge in [-0.2, -0.15) is 0 Å². The van der Waals surface area contributed by atoms with Gasteiger partial charge >= 0.3 is 0 Å². The van der Waals surface area contributed by atoms with Gasteiger partial charge in [-0.1, -0.05) is 37.3 Å². The van der Waals surface area contributed by atoms with E-state index in [0.717, 1.165) is 12.0 Å². The SMILES string of the molecule is CCOC(CNC(=O)C(CC)c1ccccc1)OCC. The minimum absolute atomic E-state index is 0.0168. The van der Waals surface area contributed by atoms with Crippen molar-refractivity contribution in [3.05, 3.63) is 35.9 Å². The molecule has 1 unspecified atom stereocenters. The Balaban J connectivity index is 2.55. The fourth-order valence-corrected chi connectivity index (χ4v) is 2.10. The van der Waals surface area contributed by atoms with Crippen molar-refractivity contribution in [1.29, 1.82) is 0 Å². The highest BCUT2D eigenvalue weighted by atomic mass is 16.7. The summed E-state index contributed by atoms with van der Waals surface area (Å²) in [5.41, 5.74) is 1.04. The first-order valence-corrected chi connectivity index (χ1v) is 7.28. The predicted octanol–water partition coefficient (Wildman–Crippen LogP) is 2.70. The van der Waals surface area contributed by atoms with Crippen LogP contribution in [-0.4, -0.2) is 32.0 Å². The van der Waals surface area contributed by atoms with Crippen LogP contribution in [0.4, 0.5) is 0 Å². The Labute approximate surface area is 121 Å². The highest BCUT2D eigenvalue weighted by molar-refractivity contribution is 5.83. The summed E-state index contributed by atoms with van der Waals surface area (Å²) in [6, 6.07) is 9.82. The maximum Gasteiger partial charge on any atom is 0.227 e. The Bertz CT molecular complexity index is 375. The van der Waals surface area contributed by atoms with E-state index in [1.165, 1.54) is 0 Å². The lowest BCUT2D eigenvalue weighted by Gasteiger charge is -2.20. The van der Waals surface area contributed by atoms with Gasteiger partial charge in [0.05, 0.1) is 12.5 Å². The number of ether oxygens (including phenoxy) is 2. The third-order valence-corrected chi connectivity index (χ3v) is 3.07. The molecule has 0 bridgehead atoms. The molecule has 0 spiro atoms. The average molecular weight is 279 g/mol. The van der Waals surface area contributed by atoms with E-state index in [4.69, 9.17) is 9.47 Å². The fourth-order valence-electron chi connectivity index (χ4n) is 2.10. The van der Waals surface area contributed by atoms with Crippen LogP contribution in [0.15, 0.2) is 30.3 Å². The smallest absolute Gasteiger partial charge is 0.227 e. The zero-order chi connectivity index (χ0) is 14.8. The largest absolute Gasteiger partial charge is 0.351 e. The van der Waals surface area contributed by atoms with Crippen molar-refractivity contribution in [3.8, 4) is 0 Å². The van der Waals surface area contributed by atoms with Gasteiger partial charge in [0.2, 0.25) is 5.91 Å². The van der Waals surface area contributed by atoms with Crippen molar-refractivity contribution >= 4 is 5.91 Å². The highest BCUT2D eigenvalue weighted by Crippen LogP contribution is 2.19. The van der Waals surface area contributed by atoms with Gasteiger partial charge in [0.25, 0.3) is 0 Å². The van der Waals surface area contributed by atoms with Crippen molar-refractivity contribution < 1.29 is 14.3 Å². The summed E-state index contributed by atoms with van der Waals surface area (Å²) < 4.78 is 10.8. The topological polar surface area (TPSA) is 47.6 Å². The van der Waals surface area contributed by atoms with Crippen LogP contribution in [0, 0.1) is 0 Å². The van der Waals surface area contributed by atoms with Crippen LogP contribution in [0.25, 0.3) is 0 Å². The van der Waals surface area contributed by atoms with Crippen molar-refractivity contribution in [1.82, 2.24) is 5.32 Å². The van der Waals surface area contributed by atoms with Crippen molar-refractivity contribution in [2.75, 3.05) is 19.8 Å². The molecule has 0 fully saturated rings. The molecular weight excluding hydrogens is 254 g/mol. The molecule has 1 aromatic rings. The molecule has 0 heterocycles. The summed E-state index contributed by atoms with van der Waals surface area (Å²) in [6.45, 7) is 7.34. The zero-order valence-corrected chi connectivity index (χ0v) is 12.6. The molecule has 0 aliphatic heterocycles. The number of benzene rings is 1. The Morgan fingerprint density at radius 3 is 2.20 bits per heavy atom. The number of carbonyl (C=O) groups excluding carboxylic acids is 1. The third kappa shape index (κ3) is 5.31. The number of rotatable bonds is 9.